The fraction of sp³-hybridized carbons (Fsp3) is 0.125. The average Bonchev–Trinajstić information content (AvgIpc) is 2.45. The van der Waals surface area contributed by atoms with Crippen molar-refractivity contribution in [2.75, 3.05) is 11.9 Å². The summed E-state index contributed by atoms with van der Waals surface area (Å²) in [6.45, 7) is 1.58. The van der Waals surface area contributed by atoms with Gasteiger partial charge in [0.05, 0.1) is 0 Å². The Bertz CT molecular complexity index is 733. The second-order valence-corrected chi connectivity index (χ2v) is 4.72. The van der Waals surface area contributed by atoms with Gasteiger partial charge in [0, 0.05) is 10.6 Å². The lowest BCUT2D eigenvalue weighted by Crippen LogP contribution is -2.14. The standard InChI is InChI=1S/C16H13ClN2O2/c1-11-10-12(17)7-8-14(11)16(21)19-15-6-2-4-13(18-15)5-3-9-20/h2,4,6-8,10,20H,9H2,1H3,(H,18,19,21). The largest absolute Gasteiger partial charge is 0.384 e. The zero-order chi connectivity index (χ0) is 15.2. The maximum atomic E-state index is 12.2. The Morgan fingerprint density at radius 1 is 1.38 bits per heavy atom. The zero-order valence-electron chi connectivity index (χ0n) is 11.4. The van der Waals surface area contributed by atoms with Gasteiger partial charge in [-0.15, -0.1) is 0 Å². The fourth-order valence-corrected chi connectivity index (χ4v) is 2.00. The number of hydrogen-bond acceptors (Lipinski definition) is 3. The molecule has 0 atom stereocenters. The van der Waals surface area contributed by atoms with Gasteiger partial charge < -0.3 is 10.4 Å². The molecule has 5 heteroatoms. The summed E-state index contributed by atoms with van der Waals surface area (Å²) >= 11 is 5.87. The number of rotatable bonds is 2. The van der Waals surface area contributed by atoms with Gasteiger partial charge >= 0.3 is 0 Å². The molecule has 0 fully saturated rings. The number of aromatic nitrogens is 1. The number of carbonyl (C=O) groups excluding carboxylic acids is 1. The summed E-state index contributed by atoms with van der Waals surface area (Å²) in [6.07, 6.45) is 0. The van der Waals surface area contributed by atoms with Gasteiger partial charge in [0.1, 0.15) is 18.1 Å². The van der Waals surface area contributed by atoms with Crippen molar-refractivity contribution in [2.45, 2.75) is 6.92 Å². The van der Waals surface area contributed by atoms with Crippen molar-refractivity contribution in [1.82, 2.24) is 4.98 Å². The Balaban J connectivity index is 2.19. The predicted molar refractivity (Wildman–Crippen MR) is 82.3 cm³/mol. The number of anilines is 1. The highest BCUT2D eigenvalue weighted by atomic mass is 35.5. The van der Waals surface area contributed by atoms with Crippen LogP contribution in [-0.2, 0) is 0 Å². The average molecular weight is 301 g/mol. The number of carbonyl (C=O) groups is 1. The van der Waals surface area contributed by atoms with Gasteiger partial charge in [-0.3, -0.25) is 4.79 Å². The van der Waals surface area contributed by atoms with E-state index >= 15 is 0 Å². The molecule has 0 radical (unpaired) electrons. The van der Waals surface area contributed by atoms with Gasteiger partial charge in [-0.2, -0.15) is 0 Å². The van der Waals surface area contributed by atoms with Crippen LogP contribution in [0.5, 0.6) is 0 Å². The predicted octanol–water partition coefficient (Wildman–Crippen LogP) is 2.64. The van der Waals surface area contributed by atoms with Gasteiger partial charge in [-0.1, -0.05) is 23.6 Å². The molecule has 0 aliphatic rings. The summed E-state index contributed by atoms with van der Waals surface area (Å²) in [5.41, 5.74) is 1.80. The minimum absolute atomic E-state index is 0.234. The molecule has 0 aliphatic heterocycles. The number of halogens is 1. The maximum absolute atomic E-state index is 12.2. The quantitative estimate of drug-likeness (QED) is 0.838. The van der Waals surface area contributed by atoms with E-state index < -0.39 is 0 Å². The van der Waals surface area contributed by atoms with E-state index in [0.29, 0.717) is 22.1 Å². The first-order valence-electron chi connectivity index (χ1n) is 6.24. The smallest absolute Gasteiger partial charge is 0.257 e. The van der Waals surface area contributed by atoms with Crippen molar-refractivity contribution in [2.24, 2.45) is 0 Å². The minimum Gasteiger partial charge on any atom is -0.384 e. The number of hydrogen-bond donors (Lipinski definition) is 2. The molecule has 1 amide bonds. The highest BCUT2D eigenvalue weighted by molar-refractivity contribution is 6.30. The summed E-state index contributed by atoms with van der Waals surface area (Å²) in [5, 5.41) is 12.0. The van der Waals surface area contributed by atoms with Gasteiger partial charge in [-0.25, -0.2) is 4.98 Å². The lowest BCUT2D eigenvalue weighted by Gasteiger charge is -2.07. The number of aliphatic hydroxyl groups excluding tert-OH is 1. The molecular weight excluding hydrogens is 288 g/mol. The molecule has 1 aromatic heterocycles. The Morgan fingerprint density at radius 3 is 2.90 bits per heavy atom. The molecule has 106 valence electrons. The summed E-state index contributed by atoms with van der Waals surface area (Å²) < 4.78 is 0. The Kier molecular flexibility index (Phi) is 4.94. The lowest BCUT2D eigenvalue weighted by molar-refractivity contribution is 0.102. The molecule has 2 N–H and O–H groups in total. The van der Waals surface area contributed by atoms with Crippen molar-refractivity contribution in [3.8, 4) is 11.8 Å². The highest BCUT2D eigenvalue weighted by Crippen LogP contribution is 2.16. The Morgan fingerprint density at radius 2 is 2.19 bits per heavy atom. The van der Waals surface area contributed by atoms with E-state index in [2.05, 4.69) is 22.1 Å². The van der Waals surface area contributed by atoms with Crippen LogP contribution in [0.1, 0.15) is 21.6 Å². The summed E-state index contributed by atoms with van der Waals surface area (Å²) in [7, 11) is 0. The molecule has 0 bridgehead atoms. The maximum Gasteiger partial charge on any atom is 0.257 e. The van der Waals surface area contributed by atoms with Crippen molar-refractivity contribution in [1.29, 1.82) is 0 Å². The van der Waals surface area contributed by atoms with E-state index in [4.69, 9.17) is 16.7 Å². The molecule has 4 nitrogen and oxygen atoms in total. The Labute approximate surface area is 127 Å². The Hall–Kier alpha value is -2.35. The summed E-state index contributed by atoms with van der Waals surface area (Å²) in [5.74, 6) is 5.34. The third-order valence-corrected chi connectivity index (χ3v) is 2.95. The molecule has 2 rings (SSSR count). The number of aliphatic hydroxyl groups is 1. The number of aryl methyl sites for hydroxylation is 1. The number of nitrogens with zero attached hydrogens (tertiary/aromatic N) is 1. The van der Waals surface area contributed by atoms with Crippen LogP contribution in [0.25, 0.3) is 0 Å². The second-order valence-electron chi connectivity index (χ2n) is 4.28. The van der Waals surface area contributed by atoms with E-state index in [9.17, 15) is 4.79 Å². The minimum atomic E-state index is -0.260. The van der Waals surface area contributed by atoms with Crippen LogP contribution in [0.3, 0.4) is 0 Å². The van der Waals surface area contributed by atoms with Crippen LogP contribution in [-0.4, -0.2) is 22.6 Å². The van der Waals surface area contributed by atoms with Crippen LogP contribution in [0.15, 0.2) is 36.4 Å². The normalized spacial score (nSPS) is 9.67. The molecular formula is C16H13ClN2O2. The zero-order valence-corrected chi connectivity index (χ0v) is 12.1. The van der Waals surface area contributed by atoms with E-state index in [1.807, 2.05) is 6.92 Å². The third-order valence-electron chi connectivity index (χ3n) is 2.72. The first-order chi connectivity index (χ1) is 10.1. The third kappa shape index (κ3) is 4.06. The van der Waals surface area contributed by atoms with Crippen LogP contribution >= 0.6 is 11.6 Å². The van der Waals surface area contributed by atoms with Gasteiger partial charge in [0.15, 0.2) is 0 Å². The van der Waals surface area contributed by atoms with Gasteiger partial charge in [-0.05, 0) is 48.7 Å². The number of amides is 1. The monoisotopic (exact) mass is 300 g/mol. The van der Waals surface area contributed by atoms with Crippen LogP contribution < -0.4 is 5.32 Å². The van der Waals surface area contributed by atoms with Gasteiger partial charge in [0.25, 0.3) is 5.91 Å². The second kappa shape index (κ2) is 6.89. The first kappa shape index (κ1) is 15.0. The van der Waals surface area contributed by atoms with E-state index in [-0.39, 0.29) is 12.5 Å². The molecule has 0 saturated carbocycles. The molecule has 1 aromatic carbocycles. The number of pyridine rings is 1. The van der Waals surface area contributed by atoms with Crippen LogP contribution in [0.2, 0.25) is 5.02 Å². The molecule has 1 heterocycles. The molecule has 0 aliphatic carbocycles. The molecule has 21 heavy (non-hydrogen) atoms. The molecule has 0 spiro atoms. The van der Waals surface area contributed by atoms with Gasteiger partial charge in [0.2, 0.25) is 0 Å². The van der Waals surface area contributed by atoms with E-state index in [1.165, 1.54) is 0 Å². The van der Waals surface area contributed by atoms with Crippen molar-refractivity contribution >= 4 is 23.3 Å². The van der Waals surface area contributed by atoms with Crippen LogP contribution in [0, 0.1) is 18.8 Å². The first-order valence-corrected chi connectivity index (χ1v) is 6.62. The topological polar surface area (TPSA) is 62.2 Å². The van der Waals surface area contributed by atoms with Crippen molar-refractivity contribution in [3.05, 3.63) is 58.2 Å². The molecule has 2 aromatic rings. The fourth-order valence-electron chi connectivity index (χ4n) is 1.77. The van der Waals surface area contributed by atoms with E-state index in [1.54, 1.807) is 36.4 Å². The van der Waals surface area contributed by atoms with E-state index in [0.717, 1.165) is 5.56 Å². The number of nitrogens with one attached hydrogen (secondary N) is 1. The highest BCUT2D eigenvalue weighted by Gasteiger charge is 2.10. The molecule has 0 unspecified atom stereocenters. The van der Waals surface area contributed by atoms with Crippen LogP contribution in [0.4, 0.5) is 5.82 Å². The SMILES string of the molecule is Cc1cc(Cl)ccc1C(=O)Nc1cccc(C#CCO)n1. The van der Waals surface area contributed by atoms with Crippen molar-refractivity contribution < 1.29 is 9.90 Å². The molecule has 0 saturated heterocycles. The summed E-state index contributed by atoms with van der Waals surface area (Å²) in [4.78, 5) is 16.4. The lowest BCUT2D eigenvalue weighted by atomic mass is 10.1. The number of benzene rings is 1. The van der Waals surface area contributed by atoms with Crippen molar-refractivity contribution in [3.63, 3.8) is 0 Å². The summed E-state index contributed by atoms with van der Waals surface area (Å²) in [6, 6.07) is 10.2.